The number of benzene rings is 1. The average Bonchev–Trinajstić information content (AvgIpc) is 3.03. The van der Waals surface area contributed by atoms with Crippen LogP contribution in [-0.4, -0.2) is 36.0 Å². The zero-order valence-electron chi connectivity index (χ0n) is 11.0. The first-order valence-corrected chi connectivity index (χ1v) is 9.10. The molecule has 1 aliphatic rings. The van der Waals surface area contributed by atoms with Crippen molar-refractivity contribution in [1.29, 1.82) is 0 Å². The molecule has 1 saturated heterocycles. The molecule has 21 heavy (non-hydrogen) atoms. The molecule has 7 heteroatoms. The third-order valence-electron chi connectivity index (χ3n) is 3.46. The van der Waals surface area contributed by atoms with Crippen LogP contribution in [0.1, 0.15) is 27.8 Å². The molecule has 3 rings (SSSR count). The quantitative estimate of drug-likeness (QED) is 0.937. The van der Waals surface area contributed by atoms with Gasteiger partial charge in [-0.3, -0.25) is 0 Å². The van der Waals surface area contributed by atoms with Crippen LogP contribution >= 0.6 is 11.3 Å². The van der Waals surface area contributed by atoms with Crippen molar-refractivity contribution in [3.63, 3.8) is 0 Å². The number of aromatic nitrogens is 1. The highest BCUT2D eigenvalue weighted by Gasteiger charge is 2.32. The van der Waals surface area contributed by atoms with Gasteiger partial charge in [0.05, 0.1) is 21.4 Å². The summed E-state index contributed by atoms with van der Waals surface area (Å²) in [6.45, 7) is 0. The highest BCUT2D eigenvalue weighted by atomic mass is 32.2. The van der Waals surface area contributed by atoms with Crippen molar-refractivity contribution in [3.8, 4) is 10.4 Å². The predicted molar refractivity (Wildman–Crippen MR) is 80.5 cm³/mol. The Hall–Kier alpha value is -1.73. The molecule has 2 heterocycles. The van der Waals surface area contributed by atoms with E-state index in [1.54, 1.807) is 0 Å². The molecule has 1 atom stereocenters. The molecular weight excluding hydrogens is 310 g/mol. The second kappa shape index (κ2) is 5.23. The summed E-state index contributed by atoms with van der Waals surface area (Å²) in [5, 5.41) is 9.92. The van der Waals surface area contributed by atoms with Crippen molar-refractivity contribution >= 4 is 27.1 Å². The highest BCUT2D eigenvalue weighted by Crippen LogP contribution is 2.37. The highest BCUT2D eigenvalue weighted by molar-refractivity contribution is 7.91. The smallest absolute Gasteiger partial charge is 0.356 e. The van der Waals surface area contributed by atoms with Crippen LogP contribution in [0.4, 0.5) is 0 Å². The van der Waals surface area contributed by atoms with Crippen LogP contribution in [0.3, 0.4) is 0 Å². The summed E-state index contributed by atoms with van der Waals surface area (Å²) < 4.78 is 23.1. The fourth-order valence-corrected chi connectivity index (χ4v) is 5.48. The standard InChI is InChI=1S/C14H13NO4S2/c16-14(17)11-12(9-4-2-1-3-5-9)20-13(15-11)10-6-7-21(18,19)8-10/h1-5,10H,6-8H2,(H,16,17). The fraction of sp³-hybridized carbons (Fsp3) is 0.286. The fourth-order valence-electron chi connectivity index (χ4n) is 2.43. The molecule has 1 aliphatic heterocycles. The van der Waals surface area contributed by atoms with Crippen LogP contribution in [0.15, 0.2) is 30.3 Å². The first kappa shape index (κ1) is 14.2. The molecule has 0 spiro atoms. The van der Waals surface area contributed by atoms with Gasteiger partial charge in [-0.2, -0.15) is 0 Å². The summed E-state index contributed by atoms with van der Waals surface area (Å²) in [4.78, 5) is 16.2. The maximum absolute atomic E-state index is 11.6. The number of carboxylic acids is 1. The first-order valence-electron chi connectivity index (χ1n) is 6.46. The molecule has 5 nitrogen and oxygen atoms in total. The normalized spacial score (nSPS) is 20.5. The number of carboxylic acid groups (broad SMARTS) is 1. The molecule has 2 aromatic rings. The Balaban J connectivity index is 2.04. The zero-order chi connectivity index (χ0) is 15.0. The second-order valence-corrected chi connectivity index (χ2v) is 8.26. The number of hydrogen-bond acceptors (Lipinski definition) is 5. The van der Waals surface area contributed by atoms with Gasteiger partial charge in [0, 0.05) is 5.92 Å². The minimum absolute atomic E-state index is 0.00509. The number of sulfone groups is 1. The molecule has 1 N–H and O–H groups in total. The lowest BCUT2D eigenvalue weighted by molar-refractivity contribution is 0.0692. The van der Waals surface area contributed by atoms with Crippen molar-refractivity contribution in [2.75, 3.05) is 11.5 Å². The third-order valence-corrected chi connectivity index (χ3v) is 6.50. The van der Waals surface area contributed by atoms with Crippen molar-refractivity contribution in [1.82, 2.24) is 4.98 Å². The maximum atomic E-state index is 11.6. The number of nitrogens with zero attached hydrogens (tertiary/aromatic N) is 1. The zero-order valence-corrected chi connectivity index (χ0v) is 12.7. The molecule has 0 aliphatic carbocycles. The Morgan fingerprint density at radius 3 is 2.57 bits per heavy atom. The van der Waals surface area contributed by atoms with Gasteiger partial charge in [0.1, 0.15) is 0 Å². The Bertz CT molecular complexity index is 781. The SMILES string of the molecule is O=C(O)c1nc(C2CCS(=O)(=O)C2)sc1-c1ccccc1. The Morgan fingerprint density at radius 1 is 1.29 bits per heavy atom. The first-order chi connectivity index (χ1) is 9.96. The molecule has 0 bridgehead atoms. The van der Waals surface area contributed by atoms with E-state index in [4.69, 9.17) is 0 Å². The third kappa shape index (κ3) is 2.84. The molecule has 1 aromatic heterocycles. The van der Waals surface area contributed by atoms with Crippen LogP contribution in [0.5, 0.6) is 0 Å². The molecule has 0 saturated carbocycles. The molecule has 1 aromatic carbocycles. The lowest BCUT2D eigenvalue weighted by Crippen LogP contribution is -2.04. The number of rotatable bonds is 3. The monoisotopic (exact) mass is 323 g/mol. The maximum Gasteiger partial charge on any atom is 0.356 e. The molecule has 1 unspecified atom stereocenters. The van der Waals surface area contributed by atoms with Gasteiger partial charge in [-0.15, -0.1) is 11.3 Å². The van der Waals surface area contributed by atoms with E-state index in [0.29, 0.717) is 16.3 Å². The van der Waals surface area contributed by atoms with Gasteiger partial charge in [0.25, 0.3) is 0 Å². The summed E-state index contributed by atoms with van der Waals surface area (Å²) in [5.41, 5.74) is 0.796. The van der Waals surface area contributed by atoms with Gasteiger partial charge < -0.3 is 5.11 Å². The van der Waals surface area contributed by atoms with E-state index in [1.165, 1.54) is 11.3 Å². The molecule has 0 radical (unpaired) electrons. The summed E-state index contributed by atoms with van der Waals surface area (Å²) in [5.74, 6) is -1.05. The van der Waals surface area contributed by atoms with Gasteiger partial charge in [-0.05, 0) is 12.0 Å². The lowest BCUT2D eigenvalue weighted by atomic mass is 10.1. The van der Waals surface area contributed by atoms with Gasteiger partial charge in [-0.25, -0.2) is 18.2 Å². The van der Waals surface area contributed by atoms with Crippen molar-refractivity contribution in [3.05, 3.63) is 41.0 Å². The number of aromatic carboxylic acids is 1. The van der Waals surface area contributed by atoms with Crippen LogP contribution in [0.25, 0.3) is 10.4 Å². The Kier molecular flexibility index (Phi) is 3.54. The lowest BCUT2D eigenvalue weighted by Gasteiger charge is -2.00. The summed E-state index contributed by atoms with van der Waals surface area (Å²) in [6.07, 6.45) is 0.517. The van der Waals surface area contributed by atoms with Crippen LogP contribution in [-0.2, 0) is 9.84 Å². The second-order valence-electron chi connectivity index (χ2n) is 5.00. The summed E-state index contributed by atoms with van der Waals surface area (Å²) in [6, 6.07) is 9.18. The van der Waals surface area contributed by atoms with E-state index < -0.39 is 15.8 Å². The van der Waals surface area contributed by atoms with E-state index in [1.807, 2.05) is 30.3 Å². The molecule has 1 fully saturated rings. The number of carbonyl (C=O) groups is 1. The number of hydrogen-bond donors (Lipinski definition) is 1. The van der Waals surface area contributed by atoms with E-state index >= 15 is 0 Å². The van der Waals surface area contributed by atoms with Gasteiger partial charge >= 0.3 is 5.97 Å². The minimum atomic E-state index is -3.01. The molecule has 0 amide bonds. The van der Waals surface area contributed by atoms with Crippen molar-refractivity contribution < 1.29 is 18.3 Å². The minimum Gasteiger partial charge on any atom is -0.476 e. The van der Waals surface area contributed by atoms with Gasteiger partial charge in [0.2, 0.25) is 0 Å². The predicted octanol–water partition coefficient (Wildman–Crippen LogP) is 2.41. The van der Waals surface area contributed by atoms with E-state index in [0.717, 1.165) is 5.56 Å². The largest absolute Gasteiger partial charge is 0.476 e. The van der Waals surface area contributed by atoms with E-state index in [2.05, 4.69) is 4.98 Å². The van der Waals surface area contributed by atoms with Crippen molar-refractivity contribution in [2.24, 2.45) is 0 Å². The van der Waals surface area contributed by atoms with Crippen LogP contribution < -0.4 is 0 Å². The number of thiazole rings is 1. The van der Waals surface area contributed by atoms with E-state index in [9.17, 15) is 18.3 Å². The Morgan fingerprint density at radius 2 is 2.00 bits per heavy atom. The topological polar surface area (TPSA) is 84.3 Å². The average molecular weight is 323 g/mol. The van der Waals surface area contributed by atoms with Gasteiger partial charge in [-0.1, -0.05) is 30.3 Å². The van der Waals surface area contributed by atoms with Crippen LogP contribution in [0, 0.1) is 0 Å². The van der Waals surface area contributed by atoms with Crippen molar-refractivity contribution in [2.45, 2.75) is 12.3 Å². The summed E-state index contributed by atoms with van der Waals surface area (Å²) in [7, 11) is -3.01. The summed E-state index contributed by atoms with van der Waals surface area (Å²) >= 11 is 1.28. The van der Waals surface area contributed by atoms with Gasteiger partial charge in [0.15, 0.2) is 15.5 Å². The van der Waals surface area contributed by atoms with E-state index in [-0.39, 0.29) is 23.1 Å². The molecule has 110 valence electrons. The molecular formula is C14H13NO4S2. The Labute approximate surface area is 126 Å². The van der Waals surface area contributed by atoms with Crippen LogP contribution in [0.2, 0.25) is 0 Å².